The van der Waals surface area contributed by atoms with Gasteiger partial charge in [-0.25, -0.2) is 12.8 Å². The summed E-state index contributed by atoms with van der Waals surface area (Å²) < 4.78 is 38.4. The van der Waals surface area contributed by atoms with E-state index in [0.717, 1.165) is 35.5 Å². The van der Waals surface area contributed by atoms with E-state index in [0.29, 0.717) is 6.54 Å². The zero-order valence-corrected chi connectivity index (χ0v) is 15.7. The van der Waals surface area contributed by atoms with E-state index >= 15 is 0 Å². The van der Waals surface area contributed by atoms with Crippen LogP contribution in [0.2, 0.25) is 0 Å². The zero-order valence-electron chi connectivity index (χ0n) is 14.9. The summed E-state index contributed by atoms with van der Waals surface area (Å²) in [6, 6.07) is 14.0. The Balaban J connectivity index is 1.98. The van der Waals surface area contributed by atoms with Gasteiger partial charge in [0.25, 0.3) is 0 Å². The van der Waals surface area contributed by atoms with E-state index in [1.807, 2.05) is 30.3 Å². The molecule has 140 valence electrons. The van der Waals surface area contributed by atoms with Crippen LogP contribution < -0.4 is 9.62 Å². The molecule has 0 saturated heterocycles. The SMILES string of the molecule is CC(C(=O)NCCCc1ccccc1)N(c1ccc(F)cc1)S(C)(=O)=O. The van der Waals surface area contributed by atoms with Gasteiger partial charge in [-0.1, -0.05) is 30.3 Å². The molecule has 0 fully saturated rings. The number of rotatable bonds is 8. The highest BCUT2D eigenvalue weighted by Gasteiger charge is 2.28. The lowest BCUT2D eigenvalue weighted by atomic mass is 10.1. The summed E-state index contributed by atoms with van der Waals surface area (Å²) >= 11 is 0. The average Bonchev–Trinajstić information content (AvgIpc) is 2.60. The maximum atomic E-state index is 13.1. The number of halogens is 1. The minimum absolute atomic E-state index is 0.251. The van der Waals surface area contributed by atoms with Crippen LogP contribution in [0, 0.1) is 5.82 Å². The fourth-order valence-corrected chi connectivity index (χ4v) is 3.87. The number of aryl methyl sites for hydroxylation is 1. The van der Waals surface area contributed by atoms with Gasteiger partial charge in [0.2, 0.25) is 15.9 Å². The molecule has 0 saturated carbocycles. The molecule has 0 aromatic heterocycles. The maximum absolute atomic E-state index is 13.1. The third-order valence-corrected chi connectivity index (χ3v) is 5.20. The Morgan fingerprint density at radius 3 is 2.31 bits per heavy atom. The molecule has 1 atom stereocenters. The van der Waals surface area contributed by atoms with E-state index in [9.17, 15) is 17.6 Å². The number of nitrogens with zero attached hydrogens (tertiary/aromatic N) is 1. The summed E-state index contributed by atoms with van der Waals surface area (Å²) in [5, 5.41) is 2.77. The largest absolute Gasteiger partial charge is 0.354 e. The van der Waals surface area contributed by atoms with Crippen molar-refractivity contribution in [2.75, 3.05) is 17.1 Å². The summed E-state index contributed by atoms with van der Waals surface area (Å²) in [5.74, 6) is -0.868. The van der Waals surface area contributed by atoms with Crippen LogP contribution in [-0.4, -0.2) is 33.2 Å². The van der Waals surface area contributed by atoms with E-state index in [4.69, 9.17) is 0 Å². The Morgan fingerprint density at radius 2 is 1.73 bits per heavy atom. The molecule has 26 heavy (non-hydrogen) atoms. The molecule has 1 amide bonds. The molecule has 7 heteroatoms. The minimum Gasteiger partial charge on any atom is -0.354 e. The van der Waals surface area contributed by atoms with Crippen LogP contribution in [0.4, 0.5) is 10.1 Å². The van der Waals surface area contributed by atoms with Gasteiger partial charge in [0, 0.05) is 6.54 Å². The molecule has 0 aliphatic heterocycles. The van der Waals surface area contributed by atoms with Gasteiger partial charge in [0.1, 0.15) is 11.9 Å². The van der Waals surface area contributed by atoms with Crippen molar-refractivity contribution >= 4 is 21.6 Å². The second-order valence-corrected chi connectivity index (χ2v) is 7.95. The van der Waals surface area contributed by atoms with Crippen molar-refractivity contribution in [2.24, 2.45) is 0 Å². The van der Waals surface area contributed by atoms with E-state index in [-0.39, 0.29) is 5.69 Å². The van der Waals surface area contributed by atoms with Crippen LogP contribution in [0.1, 0.15) is 18.9 Å². The van der Waals surface area contributed by atoms with E-state index in [2.05, 4.69) is 5.32 Å². The first-order valence-electron chi connectivity index (χ1n) is 8.35. The Morgan fingerprint density at radius 1 is 1.12 bits per heavy atom. The number of nitrogens with one attached hydrogen (secondary N) is 1. The second kappa shape index (κ2) is 8.80. The van der Waals surface area contributed by atoms with Gasteiger partial charge < -0.3 is 5.32 Å². The summed E-state index contributed by atoms with van der Waals surface area (Å²) in [5.41, 5.74) is 1.43. The Labute approximate surface area is 153 Å². The first kappa shape index (κ1) is 19.9. The van der Waals surface area contributed by atoms with Gasteiger partial charge in [-0.2, -0.15) is 0 Å². The van der Waals surface area contributed by atoms with Gasteiger partial charge in [-0.15, -0.1) is 0 Å². The summed E-state index contributed by atoms with van der Waals surface area (Å²) in [4.78, 5) is 12.4. The van der Waals surface area contributed by atoms with Crippen molar-refractivity contribution < 1.29 is 17.6 Å². The molecule has 2 rings (SSSR count). The highest BCUT2D eigenvalue weighted by atomic mass is 32.2. The Hall–Kier alpha value is -2.41. The lowest BCUT2D eigenvalue weighted by molar-refractivity contribution is -0.121. The van der Waals surface area contributed by atoms with Gasteiger partial charge >= 0.3 is 0 Å². The molecule has 0 spiro atoms. The zero-order chi connectivity index (χ0) is 19.2. The first-order valence-corrected chi connectivity index (χ1v) is 10.2. The van der Waals surface area contributed by atoms with Gasteiger partial charge in [0.15, 0.2) is 0 Å². The van der Waals surface area contributed by atoms with Gasteiger partial charge in [-0.3, -0.25) is 9.10 Å². The fourth-order valence-electron chi connectivity index (χ4n) is 2.69. The van der Waals surface area contributed by atoms with E-state index in [1.165, 1.54) is 24.6 Å². The lowest BCUT2D eigenvalue weighted by Gasteiger charge is -2.28. The number of sulfonamides is 1. The molecule has 1 unspecified atom stereocenters. The van der Waals surface area contributed by atoms with E-state index < -0.39 is 27.8 Å². The normalized spacial score (nSPS) is 12.4. The van der Waals surface area contributed by atoms with Crippen LogP contribution in [-0.2, 0) is 21.2 Å². The van der Waals surface area contributed by atoms with E-state index in [1.54, 1.807) is 0 Å². The molecule has 2 aromatic carbocycles. The Bertz CT molecular complexity index is 824. The van der Waals surface area contributed by atoms with Crippen molar-refractivity contribution in [1.82, 2.24) is 5.32 Å². The number of amides is 1. The molecule has 5 nitrogen and oxygen atoms in total. The average molecular weight is 378 g/mol. The quantitative estimate of drug-likeness (QED) is 0.719. The highest BCUT2D eigenvalue weighted by Crippen LogP contribution is 2.21. The molecule has 1 N–H and O–H groups in total. The predicted octanol–water partition coefficient (Wildman–Crippen LogP) is 2.73. The smallest absolute Gasteiger partial charge is 0.243 e. The standard InChI is InChI=1S/C19H23FN2O3S/c1-15(19(23)21-14-6-9-16-7-4-3-5-8-16)22(26(2,24)25)18-12-10-17(20)11-13-18/h3-5,7-8,10-13,15H,6,9,14H2,1-2H3,(H,21,23). The number of benzene rings is 2. The number of anilines is 1. The summed E-state index contributed by atoms with van der Waals surface area (Å²) in [6.07, 6.45) is 2.59. The molecule has 0 heterocycles. The third kappa shape index (κ3) is 5.56. The predicted molar refractivity (Wildman–Crippen MR) is 101 cm³/mol. The lowest BCUT2D eigenvalue weighted by Crippen LogP contribution is -2.48. The van der Waals surface area contributed by atoms with Crippen LogP contribution in [0.3, 0.4) is 0 Å². The number of hydrogen-bond donors (Lipinski definition) is 1. The molecule has 2 aromatic rings. The third-order valence-electron chi connectivity index (χ3n) is 3.95. The highest BCUT2D eigenvalue weighted by molar-refractivity contribution is 7.92. The molecular formula is C19H23FN2O3S. The van der Waals surface area contributed by atoms with Crippen molar-refractivity contribution in [2.45, 2.75) is 25.8 Å². The number of carbonyl (C=O) groups excluding carboxylic acids is 1. The monoisotopic (exact) mass is 378 g/mol. The van der Waals surface area contributed by atoms with Crippen molar-refractivity contribution in [3.05, 3.63) is 66.0 Å². The summed E-state index contributed by atoms with van der Waals surface area (Å²) in [6.45, 7) is 1.95. The summed E-state index contributed by atoms with van der Waals surface area (Å²) in [7, 11) is -3.70. The van der Waals surface area contributed by atoms with Gasteiger partial charge in [0.05, 0.1) is 11.9 Å². The van der Waals surface area contributed by atoms with Crippen molar-refractivity contribution in [1.29, 1.82) is 0 Å². The topological polar surface area (TPSA) is 66.5 Å². The minimum atomic E-state index is -3.70. The molecular weight excluding hydrogens is 355 g/mol. The maximum Gasteiger partial charge on any atom is 0.243 e. The van der Waals surface area contributed by atoms with Crippen LogP contribution in [0.25, 0.3) is 0 Å². The molecule has 0 radical (unpaired) electrons. The fraction of sp³-hybridized carbons (Fsp3) is 0.316. The van der Waals surface area contributed by atoms with Crippen LogP contribution in [0.5, 0.6) is 0 Å². The molecule has 0 aliphatic rings. The number of hydrogen-bond acceptors (Lipinski definition) is 3. The molecule has 0 aliphatic carbocycles. The van der Waals surface area contributed by atoms with Gasteiger partial charge in [-0.05, 0) is 49.6 Å². The number of carbonyl (C=O) groups is 1. The molecule has 0 bridgehead atoms. The first-order chi connectivity index (χ1) is 12.3. The van der Waals surface area contributed by atoms with Crippen LogP contribution >= 0.6 is 0 Å². The van der Waals surface area contributed by atoms with Crippen LogP contribution in [0.15, 0.2) is 54.6 Å². The van der Waals surface area contributed by atoms with Crippen molar-refractivity contribution in [3.8, 4) is 0 Å². The second-order valence-electron chi connectivity index (χ2n) is 6.09. The van der Waals surface area contributed by atoms with Crippen molar-refractivity contribution in [3.63, 3.8) is 0 Å². The Kier molecular flexibility index (Phi) is 6.74.